The first-order valence-electron chi connectivity index (χ1n) is 4.77. The van der Waals surface area contributed by atoms with Crippen LogP contribution < -0.4 is 0 Å². The minimum absolute atomic E-state index is 0.0751. The molecule has 1 aromatic heterocycles. The number of hydrogen-bond acceptors (Lipinski definition) is 2. The SMILES string of the molecule is CC(=O)c1cccc(-c2nccn2C)c1. The summed E-state index contributed by atoms with van der Waals surface area (Å²) >= 11 is 0. The van der Waals surface area contributed by atoms with Gasteiger partial charge in [0, 0.05) is 30.6 Å². The van der Waals surface area contributed by atoms with Gasteiger partial charge in [0.1, 0.15) is 5.82 Å². The highest BCUT2D eigenvalue weighted by Crippen LogP contribution is 2.17. The van der Waals surface area contributed by atoms with Crippen molar-refractivity contribution in [3.05, 3.63) is 42.2 Å². The molecule has 0 unspecified atom stereocenters. The Balaban J connectivity index is 2.50. The number of carbonyl (C=O) groups excluding carboxylic acids is 1. The van der Waals surface area contributed by atoms with Crippen LogP contribution in [0.2, 0.25) is 0 Å². The van der Waals surface area contributed by atoms with Gasteiger partial charge in [-0.25, -0.2) is 4.98 Å². The van der Waals surface area contributed by atoms with Crippen LogP contribution in [0.5, 0.6) is 0 Å². The van der Waals surface area contributed by atoms with E-state index in [-0.39, 0.29) is 5.78 Å². The second-order valence-electron chi connectivity index (χ2n) is 3.50. The van der Waals surface area contributed by atoms with Crippen LogP contribution in [-0.4, -0.2) is 15.3 Å². The average Bonchev–Trinajstić information content (AvgIpc) is 2.64. The van der Waals surface area contributed by atoms with Gasteiger partial charge in [-0.3, -0.25) is 4.79 Å². The minimum Gasteiger partial charge on any atom is -0.334 e. The van der Waals surface area contributed by atoms with Crippen LogP contribution in [0.3, 0.4) is 0 Å². The minimum atomic E-state index is 0.0751. The predicted octanol–water partition coefficient (Wildman–Crippen LogP) is 2.29. The van der Waals surface area contributed by atoms with E-state index in [4.69, 9.17) is 0 Å². The number of nitrogens with zero attached hydrogens (tertiary/aromatic N) is 2. The van der Waals surface area contributed by atoms with Crippen molar-refractivity contribution in [2.24, 2.45) is 7.05 Å². The maximum Gasteiger partial charge on any atom is 0.159 e. The van der Waals surface area contributed by atoms with E-state index in [0.717, 1.165) is 17.0 Å². The standard InChI is InChI=1S/C12H12N2O/c1-9(15)10-4-3-5-11(8-10)12-13-6-7-14(12)2/h3-8H,1-2H3. The lowest BCUT2D eigenvalue weighted by Gasteiger charge is -2.03. The third-order valence-electron chi connectivity index (χ3n) is 2.35. The zero-order chi connectivity index (χ0) is 10.8. The van der Waals surface area contributed by atoms with Crippen LogP contribution in [0.15, 0.2) is 36.7 Å². The smallest absolute Gasteiger partial charge is 0.159 e. The third-order valence-corrected chi connectivity index (χ3v) is 2.35. The lowest BCUT2D eigenvalue weighted by molar-refractivity contribution is 0.101. The number of Topliss-reactive ketones (excluding diaryl/α,β-unsaturated/α-hetero) is 1. The van der Waals surface area contributed by atoms with E-state index in [1.807, 2.05) is 42.1 Å². The molecule has 2 aromatic rings. The summed E-state index contributed by atoms with van der Waals surface area (Å²) in [6.45, 7) is 1.57. The van der Waals surface area contributed by atoms with E-state index in [1.165, 1.54) is 0 Å². The molecule has 0 spiro atoms. The van der Waals surface area contributed by atoms with E-state index in [0.29, 0.717) is 0 Å². The van der Waals surface area contributed by atoms with E-state index in [2.05, 4.69) is 4.98 Å². The predicted molar refractivity (Wildman–Crippen MR) is 58.6 cm³/mol. The first kappa shape index (κ1) is 9.65. The van der Waals surface area contributed by atoms with E-state index in [9.17, 15) is 4.79 Å². The van der Waals surface area contributed by atoms with E-state index in [1.54, 1.807) is 13.1 Å². The molecule has 76 valence electrons. The zero-order valence-electron chi connectivity index (χ0n) is 8.77. The van der Waals surface area contributed by atoms with Crippen molar-refractivity contribution in [2.45, 2.75) is 6.92 Å². The summed E-state index contributed by atoms with van der Waals surface area (Å²) in [4.78, 5) is 15.5. The van der Waals surface area contributed by atoms with Gasteiger partial charge in [0.25, 0.3) is 0 Å². The number of carbonyl (C=O) groups is 1. The maximum atomic E-state index is 11.2. The van der Waals surface area contributed by atoms with Crippen LogP contribution >= 0.6 is 0 Å². The molecule has 3 nitrogen and oxygen atoms in total. The Kier molecular flexibility index (Phi) is 2.37. The summed E-state index contributed by atoms with van der Waals surface area (Å²) in [5.74, 6) is 0.948. The Morgan fingerprint density at radius 2 is 2.20 bits per heavy atom. The number of aryl methyl sites for hydroxylation is 1. The molecule has 0 aliphatic heterocycles. The molecule has 2 rings (SSSR count). The first-order chi connectivity index (χ1) is 7.18. The summed E-state index contributed by atoms with van der Waals surface area (Å²) in [6, 6.07) is 7.51. The van der Waals surface area contributed by atoms with Gasteiger partial charge in [-0.1, -0.05) is 18.2 Å². The fourth-order valence-electron chi connectivity index (χ4n) is 1.52. The van der Waals surface area contributed by atoms with Crippen molar-refractivity contribution >= 4 is 5.78 Å². The monoisotopic (exact) mass is 200 g/mol. The largest absolute Gasteiger partial charge is 0.334 e. The van der Waals surface area contributed by atoms with Crippen LogP contribution in [0.25, 0.3) is 11.4 Å². The molecule has 0 aliphatic carbocycles. The van der Waals surface area contributed by atoms with Crippen molar-refractivity contribution < 1.29 is 4.79 Å². The highest BCUT2D eigenvalue weighted by Gasteiger charge is 2.05. The zero-order valence-corrected chi connectivity index (χ0v) is 8.77. The Morgan fingerprint density at radius 3 is 2.80 bits per heavy atom. The molecule has 15 heavy (non-hydrogen) atoms. The average molecular weight is 200 g/mol. The van der Waals surface area contributed by atoms with Crippen LogP contribution in [0.4, 0.5) is 0 Å². The van der Waals surface area contributed by atoms with Gasteiger partial charge in [-0.2, -0.15) is 0 Å². The molecule has 0 saturated carbocycles. The number of hydrogen-bond donors (Lipinski definition) is 0. The number of imidazole rings is 1. The molecular formula is C12H12N2O. The Labute approximate surface area is 88.4 Å². The topological polar surface area (TPSA) is 34.9 Å². The maximum absolute atomic E-state index is 11.2. The van der Waals surface area contributed by atoms with Crippen LogP contribution in [0.1, 0.15) is 17.3 Å². The Hall–Kier alpha value is -1.90. The molecule has 0 atom stereocenters. The van der Waals surface area contributed by atoms with Gasteiger partial charge in [-0.05, 0) is 13.0 Å². The van der Waals surface area contributed by atoms with Gasteiger partial charge in [0.05, 0.1) is 0 Å². The van der Waals surface area contributed by atoms with Gasteiger partial charge in [-0.15, -0.1) is 0 Å². The van der Waals surface area contributed by atoms with Gasteiger partial charge >= 0.3 is 0 Å². The molecule has 0 fully saturated rings. The second-order valence-corrected chi connectivity index (χ2v) is 3.50. The summed E-state index contributed by atoms with van der Waals surface area (Å²) in [5, 5.41) is 0. The molecule has 3 heteroatoms. The molecule has 0 bridgehead atoms. The normalized spacial score (nSPS) is 10.3. The Morgan fingerprint density at radius 1 is 1.40 bits per heavy atom. The molecule has 0 N–H and O–H groups in total. The lowest BCUT2D eigenvalue weighted by Crippen LogP contribution is -1.95. The molecule has 0 saturated heterocycles. The van der Waals surface area contributed by atoms with Gasteiger partial charge in [0.15, 0.2) is 5.78 Å². The second kappa shape index (κ2) is 3.69. The summed E-state index contributed by atoms with van der Waals surface area (Å²) < 4.78 is 1.93. The van der Waals surface area contributed by atoms with Crippen LogP contribution in [-0.2, 0) is 7.05 Å². The van der Waals surface area contributed by atoms with Gasteiger partial charge in [0.2, 0.25) is 0 Å². The van der Waals surface area contributed by atoms with Crippen molar-refractivity contribution in [1.29, 1.82) is 0 Å². The van der Waals surface area contributed by atoms with Crippen LogP contribution in [0, 0.1) is 0 Å². The van der Waals surface area contributed by atoms with Crippen molar-refractivity contribution in [1.82, 2.24) is 9.55 Å². The Bertz CT molecular complexity index is 500. The molecule has 1 heterocycles. The van der Waals surface area contributed by atoms with Crippen molar-refractivity contribution in [3.8, 4) is 11.4 Å². The van der Waals surface area contributed by atoms with Gasteiger partial charge < -0.3 is 4.57 Å². The number of benzene rings is 1. The first-order valence-corrected chi connectivity index (χ1v) is 4.77. The molecular weight excluding hydrogens is 188 g/mol. The number of rotatable bonds is 2. The third kappa shape index (κ3) is 1.81. The molecule has 0 aliphatic rings. The summed E-state index contributed by atoms with van der Waals surface area (Å²) in [5.41, 5.74) is 1.69. The number of ketones is 1. The quantitative estimate of drug-likeness (QED) is 0.697. The lowest BCUT2D eigenvalue weighted by atomic mass is 10.1. The van der Waals surface area contributed by atoms with Crippen molar-refractivity contribution in [2.75, 3.05) is 0 Å². The van der Waals surface area contributed by atoms with E-state index >= 15 is 0 Å². The fourth-order valence-corrected chi connectivity index (χ4v) is 1.52. The molecule has 0 amide bonds. The highest BCUT2D eigenvalue weighted by molar-refractivity contribution is 5.95. The molecule has 1 aromatic carbocycles. The highest BCUT2D eigenvalue weighted by atomic mass is 16.1. The fraction of sp³-hybridized carbons (Fsp3) is 0.167. The summed E-state index contributed by atoms with van der Waals surface area (Å²) in [7, 11) is 1.93. The molecule has 0 radical (unpaired) electrons. The number of aromatic nitrogens is 2. The van der Waals surface area contributed by atoms with Crippen molar-refractivity contribution in [3.63, 3.8) is 0 Å². The summed E-state index contributed by atoms with van der Waals surface area (Å²) in [6.07, 6.45) is 3.63. The van der Waals surface area contributed by atoms with E-state index < -0.39 is 0 Å².